The van der Waals surface area contributed by atoms with Gasteiger partial charge in [0.15, 0.2) is 0 Å². The molecule has 4 heteroatoms. The summed E-state index contributed by atoms with van der Waals surface area (Å²) in [6, 6.07) is 10.1. The number of ether oxygens (including phenoxy) is 1. The smallest absolute Gasteiger partial charge is 0.244 e. The fourth-order valence-electron chi connectivity index (χ4n) is 1.94. The van der Waals surface area contributed by atoms with E-state index in [0.717, 1.165) is 18.4 Å². The zero-order chi connectivity index (χ0) is 15.5. The number of hydrogen-bond donors (Lipinski definition) is 1. The van der Waals surface area contributed by atoms with Crippen LogP contribution in [0.25, 0.3) is 0 Å². The third kappa shape index (κ3) is 7.42. The fraction of sp³-hybridized carbons (Fsp3) is 0.412. The number of hydrogen-bond acceptors (Lipinski definition) is 3. The topological polar surface area (TPSA) is 55.4 Å². The average Bonchev–Trinajstić information content (AvgIpc) is 2.50. The van der Waals surface area contributed by atoms with Crippen LogP contribution in [0, 0.1) is 0 Å². The quantitative estimate of drug-likeness (QED) is 0.562. The van der Waals surface area contributed by atoms with Gasteiger partial charge in [-0.25, -0.2) is 0 Å². The van der Waals surface area contributed by atoms with Crippen molar-refractivity contribution in [2.75, 3.05) is 6.54 Å². The highest BCUT2D eigenvalue weighted by Gasteiger charge is 2.09. The predicted octanol–water partition coefficient (Wildman–Crippen LogP) is 2.80. The van der Waals surface area contributed by atoms with Crippen LogP contribution >= 0.6 is 0 Å². The molecule has 1 N–H and O–H groups in total. The molecule has 0 radical (unpaired) electrons. The summed E-state index contributed by atoms with van der Waals surface area (Å²) in [4.78, 5) is 21.3. The molecule has 21 heavy (non-hydrogen) atoms. The molecule has 0 aromatic heterocycles. The summed E-state index contributed by atoms with van der Waals surface area (Å²) in [7, 11) is 0. The summed E-state index contributed by atoms with van der Waals surface area (Å²) in [5, 5.41) is 2.45. The first-order valence-electron chi connectivity index (χ1n) is 7.22. The third-order valence-corrected chi connectivity index (χ3v) is 3.07. The first kappa shape index (κ1) is 17.1. The first-order chi connectivity index (χ1) is 10.1. The number of allylic oxidation sites excluding steroid dienone is 1. The Kier molecular flexibility index (Phi) is 8.05. The SMILES string of the molecule is CC(CC/C=C/C(=O)NCC=O)OC(C)c1ccccc1. The second-order valence-corrected chi connectivity index (χ2v) is 4.89. The van der Waals surface area contributed by atoms with E-state index < -0.39 is 0 Å². The van der Waals surface area contributed by atoms with Crippen molar-refractivity contribution < 1.29 is 14.3 Å². The third-order valence-electron chi connectivity index (χ3n) is 3.07. The van der Waals surface area contributed by atoms with Crippen LogP contribution in [0.2, 0.25) is 0 Å². The molecule has 1 aromatic carbocycles. The largest absolute Gasteiger partial charge is 0.371 e. The maximum atomic E-state index is 11.2. The fourth-order valence-corrected chi connectivity index (χ4v) is 1.94. The minimum atomic E-state index is -0.242. The molecule has 0 bridgehead atoms. The lowest BCUT2D eigenvalue weighted by atomic mass is 10.1. The van der Waals surface area contributed by atoms with Crippen LogP contribution in [0.3, 0.4) is 0 Å². The van der Waals surface area contributed by atoms with Gasteiger partial charge in [0, 0.05) is 0 Å². The Morgan fingerprint density at radius 2 is 2.00 bits per heavy atom. The van der Waals surface area contributed by atoms with Gasteiger partial charge in [0.25, 0.3) is 0 Å². The first-order valence-corrected chi connectivity index (χ1v) is 7.22. The van der Waals surface area contributed by atoms with Crippen molar-refractivity contribution in [1.82, 2.24) is 5.32 Å². The van der Waals surface area contributed by atoms with E-state index in [9.17, 15) is 9.59 Å². The molecule has 0 aliphatic rings. The molecular formula is C17H23NO3. The molecule has 0 saturated carbocycles. The van der Waals surface area contributed by atoms with Gasteiger partial charge >= 0.3 is 0 Å². The van der Waals surface area contributed by atoms with Crippen LogP contribution in [0.1, 0.15) is 38.4 Å². The zero-order valence-electron chi connectivity index (χ0n) is 12.6. The van der Waals surface area contributed by atoms with Crippen molar-refractivity contribution in [3.8, 4) is 0 Å². The highest BCUT2D eigenvalue weighted by atomic mass is 16.5. The van der Waals surface area contributed by atoms with Gasteiger partial charge in [0.1, 0.15) is 6.29 Å². The van der Waals surface area contributed by atoms with E-state index in [2.05, 4.69) is 17.4 Å². The van der Waals surface area contributed by atoms with Gasteiger partial charge in [-0.15, -0.1) is 0 Å². The van der Waals surface area contributed by atoms with Crippen molar-refractivity contribution in [3.05, 3.63) is 48.0 Å². The summed E-state index contributed by atoms with van der Waals surface area (Å²) < 4.78 is 5.93. The van der Waals surface area contributed by atoms with Crippen LogP contribution in [-0.4, -0.2) is 24.8 Å². The Labute approximate surface area is 126 Å². The maximum Gasteiger partial charge on any atom is 0.244 e. The lowest BCUT2D eigenvalue weighted by molar-refractivity contribution is -0.118. The maximum absolute atomic E-state index is 11.2. The van der Waals surface area contributed by atoms with Crippen LogP contribution in [0.4, 0.5) is 0 Å². The van der Waals surface area contributed by atoms with Crippen LogP contribution in [-0.2, 0) is 14.3 Å². The highest BCUT2D eigenvalue weighted by Crippen LogP contribution is 2.19. The van der Waals surface area contributed by atoms with E-state index in [1.807, 2.05) is 32.0 Å². The molecule has 0 aliphatic heterocycles. The Balaban J connectivity index is 2.25. The Hall–Kier alpha value is -1.94. The van der Waals surface area contributed by atoms with Gasteiger partial charge in [-0.05, 0) is 38.3 Å². The number of aldehydes is 1. The van der Waals surface area contributed by atoms with E-state index in [4.69, 9.17) is 4.74 Å². The minimum Gasteiger partial charge on any atom is -0.371 e. The van der Waals surface area contributed by atoms with E-state index in [1.165, 1.54) is 6.08 Å². The Bertz CT molecular complexity index is 456. The number of amides is 1. The van der Waals surface area contributed by atoms with Crippen molar-refractivity contribution in [2.45, 2.75) is 38.9 Å². The standard InChI is InChI=1S/C17H23NO3/c1-14(8-6-7-11-17(20)18-12-13-19)21-15(2)16-9-4-3-5-10-16/h3-5,7,9-11,13-15H,6,8,12H2,1-2H3,(H,18,20)/b11-7+. The van der Waals surface area contributed by atoms with Gasteiger partial charge in [-0.1, -0.05) is 36.4 Å². The number of nitrogens with one attached hydrogen (secondary N) is 1. The van der Waals surface area contributed by atoms with Gasteiger partial charge in [0.2, 0.25) is 5.91 Å². The minimum absolute atomic E-state index is 0.0529. The van der Waals surface area contributed by atoms with Crippen molar-refractivity contribution >= 4 is 12.2 Å². The normalized spacial score (nSPS) is 13.8. The Morgan fingerprint density at radius 3 is 2.67 bits per heavy atom. The lowest BCUT2D eigenvalue weighted by Gasteiger charge is -2.19. The molecule has 1 amide bonds. The summed E-state index contributed by atoms with van der Waals surface area (Å²) in [5.41, 5.74) is 1.16. The van der Waals surface area contributed by atoms with Crippen molar-refractivity contribution in [2.24, 2.45) is 0 Å². The van der Waals surface area contributed by atoms with E-state index in [0.29, 0.717) is 6.29 Å². The summed E-state index contributed by atoms with van der Waals surface area (Å²) >= 11 is 0. The molecule has 2 atom stereocenters. The van der Waals surface area contributed by atoms with Gasteiger partial charge in [0.05, 0.1) is 18.8 Å². The van der Waals surface area contributed by atoms with Crippen molar-refractivity contribution in [1.29, 1.82) is 0 Å². The summed E-state index contributed by atoms with van der Waals surface area (Å²) in [5.74, 6) is -0.242. The monoisotopic (exact) mass is 289 g/mol. The van der Waals surface area contributed by atoms with Crippen molar-refractivity contribution in [3.63, 3.8) is 0 Å². The lowest BCUT2D eigenvalue weighted by Crippen LogP contribution is -2.22. The molecule has 0 fully saturated rings. The predicted molar refractivity (Wildman–Crippen MR) is 82.9 cm³/mol. The molecular weight excluding hydrogens is 266 g/mol. The zero-order valence-corrected chi connectivity index (χ0v) is 12.6. The molecule has 2 unspecified atom stereocenters. The number of rotatable bonds is 9. The molecule has 114 valence electrons. The molecule has 0 spiro atoms. The summed E-state index contributed by atoms with van der Waals surface area (Å²) in [6.07, 6.45) is 5.69. The number of carbonyl (C=O) groups excluding carboxylic acids is 2. The molecule has 4 nitrogen and oxygen atoms in total. The summed E-state index contributed by atoms with van der Waals surface area (Å²) in [6.45, 7) is 4.12. The van der Waals surface area contributed by atoms with Gasteiger partial charge in [-0.3, -0.25) is 4.79 Å². The van der Waals surface area contributed by atoms with Crippen LogP contribution < -0.4 is 5.32 Å². The van der Waals surface area contributed by atoms with Gasteiger partial charge in [-0.2, -0.15) is 0 Å². The van der Waals surface area contributed by atoms with E-state index in [1.54, 1.807) is 6.08 Å². The average molecular weight is 289 g/mol. The molecule has 0 aliphatic carbocycles. The number of carbonyl (C=O) groups is 2. The van der Waals surface area contributed by atoms with Crippen LogP contribution in [0.5, 0.6) is 0 Å². The second kappa shape index (κ2) is 9.88. The Morgan fingerprint density at radius 1 is 1.29 bits per heavy atom. The van der Waals surface area contributed by atoms with E-state index >= 15 is 0 Å². The van der Waals surface area contributed by atoms with Crippen LogP contribution in [0.15, 0.2) is 42.5 Å². The highest BCUT2D eigenvalue weighted by molar-refractivity contribution is 5.88. The number of benzene rings is 1. The molecule has 0 heterocycles. The van der Waals surface area contributed by atoms with E-state index in [-0.39, 0.29) is 24.7 Å². The molecule has 1 rings (SSSR count). The van der Waals surface area contributed by atoms with Gasteiger partial charge < -0.3 is 14.8 Å². The second-order valence-electron chi connectivity index (χ2n) is 4.89. The molecule has 1 aromatic rings. The molecule has 0 saturated heterocycles.